The molecule has 1 radical (unpaired) electrons. The van der Waals surface area contributed by atoms with Gasteiger partial charge in [-0.2, -0.15) is 0 Å². The van der Waals surface area contributed by atoms with E-state index < -0.39 is 9.28 Å². The molecule has 0 unspecified atom stereocenters. The van der Waals surface area contributed by atoms with Crippen molar-refractivity contribution >= 4 is 9.28 Å². The van der Waals surface area contributed by atoms with Crippen LogP contribution in [-0.2, 0) is 13.6 Å². The SMILES string of the molecule is CCCCCCCC1CCC(C2CCC(OCCC[Si](OC(C)C)OC(C)C)CC2)CC1. The van der Waals surface area contributed by atoms with Crippen molar-refractivity contribution in [2.24, 2.45) is 17.8 Å². The second kappa shape index (κ2) is 16.7. The molecule has 2 aliphatic carbocycles. The van der Waals surface area contributed by atoms with Gasteiger partial charge in [0.25, 0.3) is 0 Å². The Morgan fingerprint density at radius 1 is 0.688 bits per heavy atom. The predicted octanol–water partition coefficient (Wildman–Crippen LogP) is 8.46. The van der Waals surface area contributed by atoms with E-state index in [1.165, 1.54) is 89.9 Å². The highest BCUT2D eigenvalue weighted by Crippen LogP contribution is 2.41. The third kappa shape index (κ3) is 12.0. The predicted molar refractivity (Wildman–Crippen MR) is 138 cm³/mol. The molecule has 0 aliphatic heterocycles. The van der Waals surface area contributed by atoms with Crippen LogP contribution >= 0.6 is 0 Å². The van der Waals surface area contributed by atoms with Crippen molar-refractivity contribution in [2.75, 3.05) is 6.61 Å². The van der Waals surface area contributed by atoms with Crippen molar-refractivity contribution in [1.29, 1.82) is 0 Å². The van der Waals surface area contributed by atoms with Gasteiger partial charge in [0.05, 0.1) is 6.10 Å². The summed E-state index contributed by atoms with van der Waals surface area (Å²) in [4.78, 5) is 0. The fraction of sp³-hybridized carbons (Fsp3) is 1.00. The number of ether oxygens (including phenoxy) is 1. The minimum atomic E-state index is -1.16. The molecular formula is C28H55O3Si. The first-order valence-corrected chi connectivity index (χ1v) is 15.8. The Bertz CT molecular complexity index is 430. The van der Waals surface area contributed by atoms with E-state index in [1.54, 1.807) is 0 Å². The molecule has 189 valence electrons. The Morgan fingerprint density at radius 2 is 1.25 bits per heavy atom. The summed E-state index contributed by atoms with van der Waals surface area (Å²) >= 11 is 0. The molecule has 0 heterocycles. The van der Waals surface area contributed by atoms with Gasteiger partial charge in [0.1, 0.15) is 0 Å². The molecule has 3 nitrogen and oxygen atoms in total. The van der Waals surface area contributed by atoms with Gasteiger partial charge in [0.15, 0.2) is 0 Å². The molecule has 0 bridgehead atoms. The number of unbranched alkanes of at least 4 members (excludes halogenated alkanes) is 4. The molecule has 32 heavy (non-hydrogen) atoms. The molecule has 2 fully saturated rings. The van der Waals surface area contributed by atoms with Gasteiger partial charge in [-0.3, -0.25) is 0 Å². The molecule has 0 saturated heterocycles. The van der Waals surface area contributed by atoms with Crippen molar-refractivity contribution < 1.29 is 13.6 Å². The Labute approximate surface area is 202 Å². The summed E-state index contributed by atoms with van der Waals surface area (Å²) in [6.07, 6.45) is 22.2. The summed E-state index contributed by atoms with van der Waals surface area (Å²) in [5.74, 6) is 3.03. The molecular weight excluding hydrogens is 412 g/mol. The smallest absolute Gasteiger partial charge is 0.385 e. The molecule has 4 heteroatoms. The molecule has 0 atom stereocenters. The highest BCUT2D eigenvalue weighted by molar-refractivity contribution is 6.44. The zero-order chi connectivity index (χ0) is 23.2. The Kier molecular flexibility index (Phi) is 14.8. The lowest BCUT2D eigenvalue weighted by molar-refractivity contribution is 0.00628. The number of rotatable bonds is 16. The van der Waals surface area contributed by atoms with E-state index in [1.807, 2.05) is 0 Å². The van der Waals surface area contributed by atoms with Gasteiger partial charge in [0, 0.05) is 18.8 Å². The molecule has 2 aliphatic rings. The second-order valence-electron chi connectivity index (χ2n) is 11.2. The molecule has 2 saturated carbocycles. The molecule has 0 aromatic carbocycles. The normalized spacial score (nSPS) is 27.0. The van der Waals surface area contributed by atoms with Crippen LogP contribution in [0.25, 0.3) is 0 Å². The zero-order valence-electron chi connectivity index (χ0n) is 22.2. The van der Waals surface area contributed by atoms with Crippen LogP contribution in [0.3, 0.4) is 0 Å². The van der Waals surface area contributed by atoms with Crippen LogP contribution in [0, 0.1) is 17.8 Å². The Morgan fingerprint density at radius 3 is 1.81 bits per heavy atom. The fourth-order valence-electron chi connectivity index (χ4n) is 5.85. The van der Waals surface area contributed by atoms with Gasteiger partial charge in [-0.15, -0.1) is 0 Å². The summed E-state index contributed by atoms with van der Waals surface area (Å²) in [5.41, 5.74) is 0. The first kappa shape index (κ1) is 28.3. The van der Waals surface area contributed by atoms with Gasteiger partial charge >= 0.3 is 9.28 Å². The summed E-state index contributed by atoms with van der Waals surface area (Å²) in [7, 11) is -1.16. The van der Waals surface area contributed by atoms with Gasteiger partial charge in [0.2, 0.25) is 0 Å². The van der Waals surface area contributed by atoms with E-state index in [4.69, 9.17) is 13.6 Å². The van der Waals surface area contributed by atoms with Crippen molar-refractivity contribution in [3.05, 3.63) is 0 Å². The molecule has 2 rings (SSSR count). The standard InChI is InChI=1S/C28H55O3Si/c1-6-7-8-9-10-12-25-13-15-26(16-14-25)27-17-19-28(20-18-27)29-21-11-22-32(30-23(2)3)31-24(4)5/h23-28H,6-22H2,1-5H3. The third-order valence-electron chi connectivity index (χ3n) is 7.61. The molecule has 0 aromatic rings. The number of hydrogen-bond acceptors (Lipinski definition) is 3. The Hall–Kier alpha value is 0.0969. The van der Waals surface area contributed by atoms with Crippen LogP contribution in [-0.4, -0.2) is 34.2 Å². The quantitative estimate of drug-likeness (QED) is 0.168. The van der Waals surface area contributed by atoms with Gasteiger partial charge in [-0.05, 0) is 96.4 Å². The van der Waals surface area contributed by atoms with E-state index in [2.05, 4.69) is 34.6 Å². The molecule has 0 spiro atoms. The van der Waals surface area contributed by atoms with Crippen LogP contribution in [0.5, 0.6) is 0 Å². The van der Waals surface area contributed by atoms with E-state index in [-0.39, 0.29) is 12.2 Å². The van der Waals surface area contributed by atoms with E-state index in [0.717, 1.165) is 36.8 Å². The lowest BCUT2D eigenvalue weighted by atomic mass is 9.70. The van der Waals surface area contributed by atoms with Crippen LogP contribution in [0.15, 0.2) is 0 Å². The lowest BCUT2D eigenvalue weighted by Gasteiger charge is -2.38. The minimum Gasteiger partial charge on any atom is -0.391 e. The maximum absolute atomic E-state index is 6.27. The van der Waals surface area contributed by atoms with Crippen molar-refractivity contribution in [3.8, 4) is 0 Å². The van der Waals surface area contributed by atoms with E-state index >= 15 is 0 Å². The van der Waals surface area contributed by atoms with Crippen molar-refractivity contribution in [1.82, 2.24) is 0 Å². The van der Waals surface area contributed by atoms with Crippen molar-refractivity contribution in [2.45, 2.75) is 155 Å². The molecule has 0 N–H and O–H groups in total. The van der Waals surface area contributed by atoms with Gasteiger partial charge < -0.3 is 13.6 Å². The highest BCUT2D eigenvalue weighted by atomic mass is 28.3. The number of hydrogen-bond donors (Lipinski definition) is 0. The van der Waals surface area contributed by atoms with E-state index in [0.29, 0.717) is 6.10 Å². The average Bonchev–Trinajstić information content (AvgIpc) is 2.76. The summed E-state index contributed by atoms with van der Waals surface area (Å²) < 4.78 is 18.3. The molecule has 0 aromatic heterocycles. The van der Waals surface area contributed by atoms with Crippen LogP contribution in [0.2, 0.25) is 6.04 Å². The fourth-order valence-corrected chi connectivity index (χ4v) is 7.63. The van der Waals surface area contributed by atoms with Gasteiger partial charge in [-0.1, -0.05) is 58.3 Å². The monoisotopic (exact) mass is 467 g/mol. The zero-order valence-corrected chi connectivity index (χ0v) is 23.2. The average molecular weight is 468 g/mol. The maximum Gasteiger partial charge on any atom is 0.385 e. The minimum absolute atomic E-state index is 0.250. The topological polar surface area (TPSA) is 27.7 Å². The maximum atomic E-state index is 6.27. The molecule has 0 amide bonds. The second-order valence-corrected chi connectivity index (χ2v) is 12.9. The van der Waals surface area contributed by atoms with Gasteiger partial charge in [-0.25, -0.2) is 0 Å². The highest BCUT2D eigenvalue weighted by Gasteiger charge is 2.31. The summed E-state index contributed by atoms with van der Waals surface area (Å²) in [6.45, 7) is 11.6. The van der Waals surface area contributed by atoms with Crippen molar-refractivity contribution in [3.63, 3.8) is 0 Å². The van der Waals surface area contributed by atoms with Crippen LogP contribution in [0.1, 0.15) is 131 Å². The first-order chi connectivity index (χ1) is 15.5. The largest absolute Gasteiger partial charge is 0.391 e. The van der Waals surface area contributed by atoms with Crippen LogP contribution in [0.4, 0.5) is 0 Å². The summed E-state index contributed by atoms with van der Waals surface area (Å²) in [6, 6.07) is 1.03. The summed E-state index contributed by atoms with van der Waals surface area (Å²) in [5, 5.41) is 0. The van der Waals surface area contributed by atoms with Crippen LogP contribution < -0.4 is 0 Å². The first-order valence-electron chi connectivity index (χ1n) is 14.3. The van der Waals surface area contributed by atoms with E-state index in [9.17, 15) is 0 Å². The Balaban J connectivity index is 1.53. The third-order valence-corrected chi connectivity index (χ3v) is 9.84. The lowest BCUT2D eigenvalue weighted by Crippen LogP contribution is -2.30.